The van der Waals surface area contributed by atoms with Crippen LogP contribution in [0.15, 0.2) is 41.0 Å². The molecule has 3 nitrogen and oxygen atoms in total. The average molecular weight is 328 g/mol. The van der Waals surface area contributed by atoms with Crippen molar-refractivity contribution in [1.29, 1.82) is 0 Å². The number of ether oxygens (including phenoxy) is 1. The van der Waals surface area contributed by atoms with Crippen molar-refractivity contribution in [2.75, 3.05) is 0 Å². The highest BCUT2D eigenvalue weighted by Crippen LogP contribution is 2.31. The van der Waals surface area contributed by atoms with Crippen LogP contribution in [-0.4, -0.2) is 4.98 Å². The van der Waals surface area contributed by atoms with E-state index in [1.807, 2.05) is 19.1 Å². The Balaban J connectivity index is 2.18. The highest BCUT2D eigenvalue weighted by atomic mass is 79.9. The largest absolute Gasteiger partial charge is 0.455 e. The number of hydrogen-bond donors (Lipinski definition) is 1. The van der Waals surface area contributed by atoms with Crippen LogP contribution in [0.5, 0.6) is 11.5 Å². The lowest BCUT2D eigenvalue weighted by Crippen LogP contribution is -2.06. The maximum atomic E-state index is 5.86. The van der Waals surface area contributed by atoms with Gasteiger partial charge in [0, 0.05) is 11.1 Å². The molecule has 1 heterocycles. The summed E-state index contributed by atoms with van der Waals surface area (Å²) in [6, 6.07) is 8.95. The van der Waals surface area contributed by atoms with Gasteiger partial charge in [0.15, 0.2) is 0 Å². The highest BCUT2D eigenvalue weighted by Gasteiger charge is 2.05. The van der Waals surface area contributed by atoms with Gasteiger partial charge in [-0.25, -0.2) is 0 Å². The topological polar surface area (TPSA) is 48.1 Å². The normalized spacial score (nSPS) is 12.2. The minimum absolute atomic E-state index is 0.0821. The summed E-state index contributed by atoms with van der Waals surface area (Å²) in [5.74, 6) is 1.34. The molecule has 0 spiro atoms. The second kappa shape index (κ2) is 5.69. The average Bonchev–Trinajstić information content (AvgIpc) is 2.33. The molecular weight excluding hydrogens is 316 g/mol. The molecule has 0 aliphatic carbocycles. The van der Waals surface area contributed by atoms with Gasteiger partial charge >= 0.3 is 0 Å². The standard InChI is InChI=1S/C13H12BrClN2O/c1-8(16)12-4-3-10(7-17-12)18-13-5-2-9(15)6-11(13)14/h2-8H,16H2,1H3/t8-/m1/s1. The molecule has 0 bridgehead atoms. The number of halogens is 2. The maximum Gasteiger partial charge on any atom is 0.145 e. The zero-order chi connectivity index (χ0) is 13.1. The minimum atomic E-state index is -0.0821. The quantitative estimate of drug-likeness (QED) is 0.914. The van der Waals surface area contributed by atoms with E-state index in [0.717, 1.165) is 10.2 Å². The minimum Gasteiger partial charge on any atom is -0.455 e. The first-order chi connectivity index (χ1) is 8.56. The van der Waals surface area contributed by atoms with E-state index < -0.39 is 0 Å². The Labute approximate surface area is 119 Å². The first kappa shape index (κ1) is 13.3. The molecule has 0 aliphatic heterocycles. The van der Waals surface area contributed by atoms with Gasteiger partial charge in [0.1, 0.15) is 11.5 Å². The van der Waals surface area contributed by atoms with E-state index in [-0.39, 0.29) is 6.04 Å². The number of nitrogens with zero attached hydrogens (tertiary/aromatic N) is 1. The van der Waals surface area contributed by atoms with Gasteiger partial charge in [-0.1, -0.05) is 11.6 Å². The maximum absolute atomic E-state index is 5.86. The first-order valence-corrected chi connectivity index (χ1v) is 6.58. The van der Waals surface area contributed by atoms with Crippen molar-refractivity contribution in [3.8, 4) is 11.5 Å². The van der Waals surface area contributed by atoms with Gasteiger partial charge in [-0.3, -0.25) is 4.98 Å². The second-order valence-electron chi connectivity index (χ2n) is 3.88. The van der Waals surface area contributed by atoms with Crippen molar-refractivity contribution >= 4 is 27.5 Å². The Hall–Kier alpha value is -1.10. The molecule has 2 aromatic rings. The van der Waals surface area contributed by atoms with Crippen LogP contribution < -0.4 is 10.5 Å². The predicted molar refractivity (Wildman–Crippen MR) is 76.1 cm³/mol. The summed E-state index contributed by atoms with van der Waals surface area (Å²) >= 11 is 9.26. The number of rotatable bonds is 3. The fraction of sp³-hybridized carbons (Fsp3) is 0.154. The summed E-state index contributed by atoms with van der Waals surface area (Å²) in [6.07, 6.45) is 1.65. The van der Waals surface area contributed by atoms with Gasteiger partial charge < -0.3 is 10.5 Å². The Morgan fingerprint density at radius 2 is 2.11 bits per heavy atom. The Bertz CT molecular complexity index is 543. The summed E-state index contributed by atoms with van der Waals surface area (Å²) < 4.78 is 6.49. The van der Waals surface area contributed by atoms with Crippen molar-refractivity contribution in [2.45, 2.75) is 13.0 Å². The predicted octanol–water partition coefficient (Wildman–Crippen LogP) is 4.31. The molecule has 1 atom stereocenters. The van der Waals surface area contributed by atoms with E-state index in [1.54, 1.807) is 24.4 Å². The van der Waals surface area contributed by atoms with Crippen LogP contribution in [0, 0.1) is 0 Å². The number of aromatic nitrogens is 1. The third-order valence-electron chi connectivity index (χ3n) is 2.35. The van der Waals surface area contributed by atoms with E-state index in [9.17, 15) is 0 Å². The first-order valence-electron chi connectivity index (χ1n) is 5.40. The number of pyridine rings is 1. The SMILES string of the molecule is C[C@@H](N)c1ccc(Oc2ccc(Cl)cc2Br)cn1. The van der Waals surface area contributed by atoms with Crippen LogP contribution in [0.3, 0.4) is 0 Å². The van der Waals surface area contributed by atoms with Gasteiger partial charge in [-0.05, 0) is 53.2 Å². The molecule has 0 amide bonds. The zero-order valence-corrected chi connectivity index (χ0v) is 12.1. The molecule has 0 unspecified atom stereocenters. The lowest BCUT2D eigenvalue weighted by molar-refractivity contribution is 0.476. The van der Waals surface area contributed by atoms with Crippen molar-refractivity contribution in [1.82, 2.24) is 4.98 Å². The number of benzene rings is 1. The lowest BCUT2D eigenvalue weighted by atomic mass is 10.2. The molecule has 0 radical (unpaired) electrons. The monoisotopic (exact) mass is 326 g/mol. The fourth-order valence-corrected chi connectivity index (χ4v) is 2.17. The van der Waals surface area contributed by atoms with Crippen LogP contribution in [0.25, 0.3) is 0 Å². The molecule has 0 aliphatic rings. The molecular formula is C13H12BrClN2O. The molecule has 0 fully saturated rings. The Morgan fingerprint density at radius 1 is 1.33 bits per heavy atom. The molecule has 0 saturated carbocycles. The number of hydrogen-bond acceptors (Lipinski definition) is 3. The summed E-state index contributed by atoms with van der Waals surface area (Å²) in [5, 5.41) is 0.652. The second-order valence-corrected chi connectivity index (χ2v) is 5.18. The van der Waals surface area contributed by atoms with Crippen molar-refractivity contribution in [2.24, 2.45) is 5.73 Å². The van der Waals surface area contributed by atoms with Gasteiger partial charge in [-0.2, -0.15) is 0 Å². The third-order valence-corrected chi connectivity index (χ3v) is 3.20. The fourth-order valence-electron chi connectivity index (χ4n) is 1.41. The molecule has 1 aromatic carbocycles. The molecule has 2 rings (SSSR count). The third kappa shape index (κ3) is 3.22. The molecule has 1 aromatic heterocycles. The highest BCUT2D eigenvalue weighted by molar-refractivity contribution is 9.10. The van der Waals surface area contributed by atoms with Gasteiger partial charge in [-0.15, -0.1) is 0 Å². The molecule has 18 heavy (non-hydrogen) atoms. The van der Waals surface area contributed by atoms with Crippen LogP contribution in [0.4, 0.5) is 0 Å². The zero-order valence-electron chi connectivity index (χ0n) is 9.73. The molecule has 0 saturated heterocycles. The Morgan fingerprint density at radius 3 is 2.67 bits per heavy atom. The lowest BCUT2D eigenvalue weighted by Gasteiger charge is -2.09. The van der Waals surface area contributed by atoms with Crippen LogP contribution in [-0.2, 0) is 0 Å². The van der Waals surface area contributed by atoms with Crippen LogP contribution in [0.1, 0.15) is 18.7 Å². The summed E-state index contributed by atoms with van der Waals surface area (Å²) in [7, 11) is 0. The summed E-state index contributed by atoms with van der Waals surface area (Å²) in [6.45, 7) is 1.89. The van der Waals surface area contributed by atoms with E-state index in [4.69, 9.17) is 22.1 Å². The van der Waals surface area contributed by atoms with Crippen molar-refractivity contribution in [3.63, 3.8) is 0 Å². The van der Waals surface area contributed by atoms with E-state index in [0.29, 0.717) is 16.5 Å². The summed E-state index contributed by atoms with van der Waals surface area (Å²) in [4.78, 5) is 4.23. The van der Waals surface area contributed by atoms with E-state index in [1.165, 1.54) is 0 Å². The molecule has 94 valence electrons. The van der Waals surface area contributed by atoms with Crippen molar-refractivity contribution < 1.29 is 4.74 Å². The van der Waals surface area contributed by atoms with Crippen LogP contribution in [0.2, 0.25) is 5.02 Å². The Kier molecular flexibility index (Phi) is 4.22. The van der Waals surface area contributed by atoms with Crippen LogP contribution >= 0.6 is 27.5 Å². The smallest absolute Gasteiger partial charge is 0.145 e. The van der Waals surface area contributed by atoms with Crippen molar-refractivity contribution in [3.05, 3.63) is 51.7 Å². The van der Waals surface area contributed by atoms with Gasteiger partial charge in [0.05, 0.1) is 16.4 Å². The summed E-state index contributed by atoms with van der Waals surface area (Å²) in [5.41, 5.74) is 6.56. The molecule has 2 N–H and O–H groups in total. The van der Waals surface area contributed by atoms with Gasteiger partial charge in [0.2, 0.25) is 0 Å². The number of nitrogens with two attached hydrogens (primary N) is 1. The van der Waals surface area contributed by atoms with E-state index >= 15 is 0 Å². The van der Waals surface area contributed by atoms with E-state index in [2.05, 4.69) is 20.9 Å². The van der Waals surface area contributed by atoms with Gasteiger partial charge in [0.25, 0.3) is 0 Å². The molecule has 5 heteroatoms.